The highest BCUT2D eigenvalue weighted by Gasteiger charge is 2.46. The number of benzene rings is 1. The van der Waals surface area contributed by atoms with Crippen molar-refractivity contribution in [1.82, 2.24) is 4.72 Å². The van der Waals surface area contributed by atoms with Crippen molar-refractivity contribution >= 4 is 10.0 Å². The van der Waals surface area contributed by atoms with Crippen molar-refractivity contribution in [2.45, 2.75) is 5.54 Å². The average molecular weight is 263 g/mol. The maximum absolute atomic E-state index is 13.6. The monoisotopic (exact) mass is 263 g/mol. The molecular weight excluding hydrogens is 252 g/mol. The lowest BCUT2D eigenvalue weighted by molar-refractivity contribution is -0.0696. The van der Waals surface area contributed by atoms with Gasteiger partial charge in [-0.2, -0.15) is 4.72 Å². The highest BCUT2D eigenvalue weighted by atomic mass is 32.2. The molecule has 94 valence electrons. The molecule has 0 radical (unpaired) electrons. The van der Waals surface area contributed by atoms with Crippen LogP contribution in [-0.4, -0.2) is 27.9 Å². The van der Waals surface area contributed by atoms with E-state index in [0.29, 0.717) is 0 Å². The van der Waals surface area contributed by atoms with Gasteiger partial charge in [-0.25, -0.2) is 17.2 Å². The molecule has 0 spiro atoms. The molecule has 0 unspecified atom stereocenters. The molecule has 1 aliphatic heterocycles. The van der Waals surface area contributed by atoms with Gasteiger partial charge in [0, 0.05) is 5.56 Å². The summed E-state index contributed by atoms with van der Waals surface area (Å²) in [6.45, 7) is -0.171. The molecule has 1 aromatic carbocycles. The quantitative estimate of drug-likeness (QED) is 0.875. The third-order valence-electron chi connectivity index (χ3n) is 2.52. The summed E-state index contributed by atoms with van der Waals surface area (Å²) in [5.41, 5.74) is -1.63. The van der Waals surface area contributed by atoms with Gasteiger partial charge in [0.2, 0.25) is 10.0 Å². The second-order valence-electron chi connectivity index (χ2n) is 4.05. The summed E-state index contributed by atoms with van der Waals surface area (Å²) in [4.78, 5) is 0. The molecule has 0 aromatic heterocycles. The first kappa shape index (κ1) is 12.4. The van der Waals surface area contributed by atoms with Crippen molar-refractivity contribution in [1.29, 1.82) is 0 Å². The molecular formula is C10H11F2NO3S. The van der Waals surface area contributed by atoms with E-state index in [-0.39, 0.29) is 18.8 Å². The summed E-state index contributed by atoms with van der Waals surface area (Å²) in [7, 11) is -3.59. The summed E-state index contributed by atoms with van der Waals surface area (Å²) in [6.07, 6.45) is 0.936. The number of sulfonamides is 1. The summed E-state index contributed by atoms with van der Waals surface area (Å²) in [6, 6.07) is 3.40. The fourth-order valence-corrected chi connectivity index (χ4v) is 2.80. The van der Waals surface area contributed by atoms with Gasteiger partial charge in [0.1, 0.15) is 17.2 Å². The topological polar surface area (TPSA) is 55.4 Å². The second kappa shape index (κ2) is 4.01. The van der Waals surface area contributed by atoms with Gasteiger partial charge in [0.05, 0.1) is 19.5 Å². The molecule has 1 aromatic rings. The Labute approximate surface area is 97.6 Å². The van der Waals surface area contributed by atoms with Crippen LogP contribution in [-0.2, 0) is 20.3 Å². The molecule has 1 N–H and O–H groups in total. The van der Waals surface area contributed by atoms with Gasteiger partial charge < -0.3 is 4.74 Å². The Morgan fingerprint density at radius 3 is 2.18 bits per heavy atom. The Hall–Kier alpha value is -1.05. The van der Waals surface area contributed by atoms with E-state index in [1.165, 1.54) is 6.07 Å². The molecule has 0 amide bonds. The molecule has 0 saturated carbocycles. The largest absolute Gasteiger partial charge is 0.377 e. The van der Waals surface area contributed by atoms with Crippen molar-refractivity contribution in [2.75, 3.05) is 19.5 Å². The maximum Gasteiger partial charge on any atom is 0.209 e. The Morgan fingerprint density at radius 2 is 1.82 bits per heavy atom. The minimum absolute atomic E-state index is 0.0854. The van der Waals surface area contributed by atoms with Crippen LogP contribution in [0.1, 0.15) is 5.56 Å². The molecule has 1 heterocycles. The van der Waals surface area contributed by atoms with Crippen molar-refractivity contribution in [3.63, 3.8) is 0 Å². The summed E-state index contributed by atoms with van der Waals surface area (Å²) in [5, 5.41) is 0. The van der Waals surface area contributed by atoms with Gasteiger partial charge >= 0.3 is 0 Å². The normalized spacial score (nSPS) is 18.8. The van der Waals surface area contributed by atoms with E-state index in [1.54, 1.807) is 0 Å². The lowest BCUT2D eigenvalue weighted by atomic mass is 9.88. The first-order valence-electron chi connectivity index (χ1n) is 4.85. The Balaban J connectivity index is 2.49. The molecule has 1 saturated heterocycles. The lowest BCUT2D eigenvalue weighted by Gasteiger charge is -2.41. The minimum atomic E-state index is -3.59. The second-order valence-corrected chi connectivity index (χ2v) is 5.79. The highest BCUT2D eigenvalue weighted by molar-refractivity contribution is 7.88. The van der Waals surface area contributed by atoms with E-state index in [4.69, 9.17) is 4.74 Å². The summed E-state index contributed by atoms with van der Waals surface area (Å²) < 4.78 is 56.8. The van der Waals surface area contributed by atoms with Gasteiger partial charge in [-0.1, -0.05) is 6.07 Å². The zero-order chi connectivity index (χ0) is 12.7. The summed E-state index contributed by atoms with van der Waals surface area (Å²) in [5.74, 6) is -1.58. The molecule has 2 rings (SSSR count). The van der Waals surface area contributed by atoms with Gasteiger partial charge in [-0.15, -0.1) is 0 Å². The standard InChI is InChI=1S/C10H11F2NO3S/c1-17(14,15)13-10(5-16-6-10)9-7(11)3-2-4-8(9)12/h2-4,13H,5-6H2,1H3. The minimum Gasteiger partial charge on any atom is -0.377 e. The van der Waals surface area contributed by atoms with Crippen LogP contribution >= 0.6 is 0 Å². The van der Waals surface area contributed by atoms with Crippen LogP contribution in [0, 0.1) is 11.6 Å². The Kier molecular flexibility index (Phi) is 2.92. The van der Waals surface area contributed by atoms with Crippen LogP contribution in [0.2, 0.25) is 0 Å². The Bertz CT molecular complexity index is 520. The van der Waals surface area contributed by atoms with Crippen LogP contribution in [0.4, 0.5) is 8.78 Å². The number of nitrogens with one attached hydrogen (secondary N) is 1. The highest BCUT2D eigenvalue weighted by Crippen LogP contribution is 2.33. The number of rotatable bonds is 3. The number of hydrogen-bond donors (Lipinski definition) is 1. The first-order chi connectivity index (χ1) is 7.84. The fraction of sp³-hybridized carbons (Fsp3) is 0.400. The van der Waals surface area contributed by atoms with E-state index in [9.17, 15) is 17.2 Å². The molecule has 1 fully saturated rings. The van der Waals surface area contributed by atoms with E-state index in [1.807, 2.05) is 0 Å². The maximum atomic E-state index is 13.6. The smallest absolute Gasteiger partial charge is 0.209 e. The van der Waals surface area contributed by atoms with Crippen LogP contribution in [0.3, 0.4) is 0 Å². The van der Waals surface area contributed by atoms with Crippen molar-refractivity contribution in [3.8, 4) is 0 Å². The van der Waals surface area contributed by atoms with Crippen molar-refractivity contribution < 1.29 is 21.9 Å². The number of ether oxygens (including phenoxy) is 1. The van der Waals surface area contributed by atoms with Crippen LogP contribution in [0.15, 0.2) is 18.2 Å². The van der Waals surface area contributed by atoms with Gasteiger partial charge in [0.15, 0.2) is 0 Å². The molecule has 7 heteroatoms. The van der Waals surface area contributed by atoms with Crippen LogP contribution < -0.4 is 4.72 Å². The summed E-state index contributed by atoms with van der Waals surface area (Å²) >= 11 is 0. The zero-order valence-electron chi connectivity index (χ0n) is 9.04. The predicted octanol–water partition coefficient (Wildman–Crippen LogP) is 0.739. The average Bonchev–Trinajstić information content (AvgIpc) is 2.11. The number of hydrogen-bond acceptors (Lipinski definition) is 3. The third kappa shape index (κ3) is 2.31. The lowest BCUT2D eigenvalue weighted by Crippen LogP contribution is -2.59. The van der Waals surface area contributed by atoms with E-state index in [2.05, 4.69) is 4.72 Å². The number of halogens is 2. The molecule has 17 heavy (non-hydrogen) atoms. The Morgan fingerprint density at radius 1 is 1.29 bits per heavy atom. The van der Waals surface area contributed by atoms with Gasteiger partial charge in [-0.3, -0.25) is 0 Å². The predicted molar refractivity (Wildman–Crippen MR) is 56.8 cm³/mol. The van der Waals surface area contributed by atoms with Crippen LogP contribution in [0.5, 0.6) is 0 Å². The molecule has 4 nitrogen and oxygen atoms in total. The molecule has 0 aliphatic carbocycles. The van der Waals surface area contributed by atoms with E-state index in [0.717, 1.165) is 18.4 Å². The molecule has 1 aliphatic rings. The molecule has 0 atom stereocenters. The fourth-order valence-electron chi connectivity index (χ4n) is 1.87. The van der Waals surface area contributed by atoms with E-state index >= 15 is 0 Å². The zero-order valence-corrected chi connectivity index (χ0v) is 9.85. The van der Waals surface area contributed by atoms with E-state index < -0.39 is 27.2 Å². The van der Waals surface area contributed by atoms with Gasteiger partial charge in [-0.05, 0) is 12.1 Å². The van der Waals surface area contributed by atoms with Gasteiger partial charge in [0.25, 0.3) is 0 Å². The van der Waals surface area contributed by atoms with Crippen LogP contribution in [0.25, 0.3) is 0 Å². The third-order valence-corrected chi connectivity index (χ3v) is 3.28. The van der Waals surface area contributed by atoms with Crippen molar-refractivity contribution in [2.24, 2.45) is 0 Å². The molecule has 0 bridgehead atoms. The first-order valence-corrected chi connectivity index (χ1v) is 6.74. The van der Waals surface area contributed by atoms with Crippen molar-refractivity contribution in [3.05, 3.63) is 35.4 Å². The SMILES string of the molecule is CS(=O)(=O)NC1(c2c(F)cccc2F)COC1.